The molecule has 0 radical (unpaired) electrons. The molecule has 1 N–H and O–H groups in total. The van der Waals surface area contributed by atoms with Crippen LogP contribution in [0.2, 0.25) is 0 Å². The zero-order valence-electron chi connectivity index (χ0n) is 15.9. The number of halogens is 2. The third-order valence-electron chi connectivity index (χ3n) is 4.62. The Morgan fingerprint density at radius 2 is 2.20 bits per heavy atom. The highest BCUT2D eigenvalue weighted by Gasteiger charge is 2.31. The molecule has 1 aliphatic rings. The second-order valence-corrected chi connectivity index (χ2v) is 7.66. The van der Waals surface area contributed by atoms with Gasteiger partial charge in [0.1, 0.15) is 18.4 Å². The summed E-state index contributed by atoms with van der Waals surface area (Å²) < 4.78 is 20.9. The summed E-state index contributed by atoms with van der Waals surface area (Å²) in [5.74, 6) is -0.326. The average molecular weight is 474 g/mol. The molecule has 0 saturated heterocycles. The third-order valence-corrected chi connectivity index (χ3v) is 5.11. The van der Waals surface area contributed by atoms with Gasteiger partial charge in [-0.15, -0.1) is 0 Å². The van der Waals surface area contributed by atoms with Crippen molar-refractivity contribution in [3.8, 4) is 5.75 Å². The molecule has 2 aromatic heterocycles. The SMILES string of the molecule is CN1C(=O)C(NC(=O)n2cc(Cc3cccc(F)n3)cn2)COc2ccc(Br)cc21. The summed E-state index contributed by atoms with van der Waals surface area (Å²) in [5.41, 5.74) is 1.81. The lowest BCUT2D eigenvalue weighted by atomic mass is 10.2. The second kappa shape index (κ2) is 8.23. The first-order chi connectivity index (χ1) is 14.4. The van der Waals surface area contributed by atoms with E-state index < -0.39 is 18.0 Å². The van der Waals surface area contributed by atoms with Crippen LogP contribution in [0, 0.1) is 5.95 Å². The van der Waals surface area contributed by atoms with Crippen LogP contribution in [0.15, 0.2) is 53.3 Å². The number of pyridine rings is 1. The number of aromatic nitrogens is 3. The summed E-state index contributed by atoms with van der Waals surface area (Å²) in [7, 11) is 1.62. The van der Waals surface area contributed by atoms with E-state index in [0.29, 0.717) is 29.1 Å². The molecule has 30 heavy (non-hydrogen) atoms. The van der Waals surface area contributed by atoms with Gasteiger partial charge >= 0.3 is 6.03 Å². The molecule has 0 aliphatic carbocycles. The number of carbonyl (C=O) groups excluding carboxylic acids is 2. The van der Waals surface area contributed by atoms with Crippen molar-refractivity contribution in [3.05, 3.63) is 70.5 Å². The molecule has 10 heteroatoms. The predicted molar refractivity (Wildman–Crippen MR) is 110 cm³/mol. The number of nitrogens with one attached hydrogen (secondary N) is 1. The van der Waals surface area contributed by atoms with Gasteiger partial charge in [-0.25, -0.2) is 9.78 Å². The summed E-state index contributed by atoms with van der Waals surface area (Å²) in [5, 5.41) is 6.68. The van der Waals surface area contributed by atoms with Crippen molar-refractivity contribution in [1.82, 2.24) is 20.1 Å². The molecule has 0 fully saturated rings. The van der Waals surface area contributed by atoms with Crippen molar-refractivity contribution in [2.24, 2.45) is 0 Å². The summed E-state index contributed by atoms with van der Waals surface area (Å²) in [6.45, 7) is -0.00904. The zero-order valence-corrected chi connectivity index (χ0v) is 17.5. The van der Waals surface area contributed by atoms with Gasteiger partial charge < -0.3 is 15.0 Å². The molecule has 1 aliphatic heterocycles. The monoisotopic (exact) mass is 473 g/mol. The topological polar surface area (TPSA) is 89.4 Å². The quantitative estimate of drug-likeness (QED) is 0.590. The van der Waals surface area contributed by atoms with Crippen molar-refractivity contribution in [2.45, 2.75) is 12.5 Å². The molecular formula is C20H17BrFN5O3. The van der Waals surface area contributed by atoms with Gasteiger partial charge in [0.2, 0.25) is 5.95 Å². The number of rotatable bonds is 3. The summed E-state index contributed by atoms with van der Waals surface area (Å²) in [4.78, 5) is 30.7. The normalized spacial score (nSPS) is 15.9. The predicted octanol–water partition coefficient (Wildman–Crippen LogP) is 2.75. The number of likely N-dealkylation sites (N-methyl/N-ethyl adjacent to an activating group) is 1. The first-order valence-electron chi connectivity index (χ1n) is 9.06. The molecule has 0 saturated carbocycles. The van der Waals surface area contributed by atoms with E-state index in [0.717, 1.165) is 9.15 Å². The highest BCUT2D eigenvalue weighted by Crippen LogP contribution is 2.33. The molecule has 154 valence electrons. The van der Waals surface area contributed by atoms with E-state index in [2.05, 4.69) is 31.3 Å². The van der Waals surface area contributed by atoms with Gasteiger partial charge in [-0.1, -0.05) is 22.0 Å². The Labute approximate surface area is 179 Å². The van der Waals surface area contributed by atoms with Crippen LogP contribution in [0.5, 0.6) is 5.75 Å². The fourth-order valence-electron chi connectivity index (χ4n) is 3.11. The van der Waals surface area contributed by atoms with Crippen LogP contribution in [-0.4, -0.2) is 46.4 Å². The third kappa shape index (κ3) is 4.18. The fourth-order valence-corrected chi connectivity index (χ4v) is 3.46. The van der Waals surface area contributed by atoms with Gasteiger partial charge in [0.15, 0.2) is 0 Å². The van der Waals surface area contributed by atoms with E-state index in [1.165, 1.54) is 23.4 Å². The Bertz CT molecular complexity index is 1120. The lowest BCUT2D eigenvalue weighted by Crippen LogP contribution is -2.50. The van der Waals surface area contributed by atoms with E-state index in [1.54, 1.807) is 31.3 Å². The minimum atomic E-state index is -0.883. The van der Waals surface area contributed by atoms with Gasteiger partial charge in [0.05, 0.1) is 11.9 Å². The fraction of sp³-hybridized carbons (Fsp3) is 0.200. The van der Waals surface area contributed by atoms with Gasteiger partial charge in [-0.2, -0.15) is 14.2 Å². The minimum absolute atomic E-state index is 0.00904. The Hall–Kier alpha value is -3.27. The maximum Gasteiger partial charge on any atom is 0.342 e. The molecule has 8 nitrogen and oxygen atoms in total. The smallest absolute Gasteiger partial charge is 0.342 e. The second-order valence-electron chi connectivity index (χ2n) is 6.74. The standard InChI is InChI=1S/C20H17BrFN5O3/c1-26-16-8-13(21)5-6-17(16)30-11-15(19(26)28)25-20(29)27-10-12(9-23-27)7-14-3-2-4-18(22)24-14/h2-6,8-10,15H,7,11H2,1H3,(H,25,29). The molecule has 3 heterocycles. The maximum absolute atomic E-state index is 13.2. The van der Waals surface area contributed by atoms with Crippen LogP contribution < -0.4 is 15.0 Å². The number of hydrogen-bond donors (Lipinski definition) is 1. The first-order valence-corrected chi connectivity index (χ1v) is 9.86. The molecule has 0 spiro atoms. The number of carbonyl (C=O) groups is 2. The van der Waals surface area contributed by atoms with Gasteiger partial charge in [0.25, 0.3) is 5.91 Å². The summed E-state index contributed by atoms with van der Waals surface area (Å²) >= 11 is 3.38. The number of fused-ring (bicyclic) bond motifs is 1. The van der Waals surface area contributed by atoms with Crippen molar-refractivity contribution < 1.29 is 18.7 Å². The van der Waals surface area contributed by atoms with Crippen LogP contribution in [0.1, 0.15) is 11.3 Å². The number of anilines is 1. The minimum Gasteiger partial charge on any atom is -0.489 e. The number of nitrogens with zero attached hydrogens (tertiary/aromatic N) is 4. The van der Waals surface area contributed by atoms with E-state index in [4.69, 9.17) is 4.74 Å². The molecule has 0 bridgehead atoms. The van der Waals surface area contributed by atoms with E-state index in [1.807, 2.05) is 6.07 Å². The average Bonchev–Trinajstić information content (AvgIpc) is 3.15. The molecule has 2 amide bonds. The lowest BCUT2D eigenvalue weighted by Gasteiger charge is -2.20. The van der Waals surface area contributed by atoms with Crippen molar-refractivity contribution >= 4 is 33.6 Å². The Morgan fingerprint density at radius 3 is 3.00 bits per heavy atom. The Balaban J connectivity index is 1.45. The number of benzene rings is 1. The number of hydrogen-bond acceptors (Lipinski definition) is 5. The number of amides is 2. The molecular weight excluding hydrogens is 457 g/mol. The van der Waals surface area contributed by atoms with Crippen LogP contribution >= 0.6 is 15.9 Å². The van der Waals surface area contributed by atoms with Gasteiger partial charge in [0, 0.05) is 29.8 Å². The zero-order chi connectivity index (χ0) is 21.3. The van der Waals surface area contributed by atoms with Crippen molar-refractivity contribution in [2.75, 3.05) is 18.6 Å². The maximum atomic E-state index is 13.2. The van der Waals surface area contributed by atoms with E-state index in [9.17, 15) is 14.0 Å². The number of ether oxygens (including phenoxy) is 1. The van der Waals surface area contributed by atoms with Crippen LogP contribution in [-0.2, 0) is 11.2 Å². The summed E-state index contributed by atoms with van der Waals surface area (Å²) in [6.07, 6.45) is 3.33. The van der Waals surface area contributed by atoms with Crippen molar-refractivity contribution in [3.63, 3.8) is 0 Å². The molecule has 1 aromatic carbocycles. The molecule has 3 aromatic rings. The van der Waals surface area contributed by atoms with Gasteiger partial charge in [-0.05, 0) is 35.9 Å². The summed E-state index contributed by atoms with van der Waals surface area (Å²) in [6, 6.07) is 8.41. The molecule has 4 rings (SSSR count). The largest absolute Gasteiger partial charge is 0.489 e. The first kappa shape index (κ1) is 20.0. The Kier molecular flexibility index (Phi) is 5.49. The molecule has 1 atom stereocenters. The van der Waals surface area contributed by atoms with Crippen molar-refractivity contribution in [1.29, 1.82) is 0 Å². The van der Waals surface area contributed by atoms with Crippen LogP contribution in [0.25, 0.3) is 0 Å². The van der Waals surface area contributed by atoms with E-state index in [-0.39, 0.29) is 12.5 Å². The highest BCUT2D eigenvalue weighted by atomic mass is 79.9. The van der Waals surface area contributed by atoms with Crippen LogP contribution in [0.3, 0.4) is 0 Å². The van der Waals surface area contributed by atoms with Crippen LogP contribution in [0.4, 0.5) is 14.9 Å². The van der Waals surface area contributed by atoms with E-state index >= 15 is 0 Å². The lowest BCUT2D eigenvalue weighted by molar-refractivity contribution is -0.120. The highest BCUT2D eigenvalue weighted by molar-refractivity contribution is 9.10. The molecule has 1 unspecified atom stereocenters. The van der Waals surface area contributed by atoms with Gasteiger partial charge in [-0.3, -0.25) is 4.79 Å². The Morgan fingerprint density at radius 1 is 1.37 bits per heavy atom.